The molecule has 1 saturated carbocycles. The van der Waals surface area contributed by atoms with E-state index < -0.39 is 0 Å². The Labute approximate surface area is 62.2 Å². The molecule has 0 aliphatic heterocycles. The van der Waals surface area contributed by atoms with E-state index in [0.717, 1.165) is 24.9 Å². The summed E-state index contributed by atoms with van der Waals surface area (Å²) in [5.74, 6) is 0.877. The van der Waals surface area contributed by atoms with Crippen molar-refractivity contribution in [2.24, 2.45) is 5.92 Å². The van der Waals surface area contributed by atoms with E-state index in [1.807, 2.05) is 0 Å². The summed E-state index contributed by atoms with van der Waals surface area (Å²) in [6.45, 7) is 3.27. The normalized spacial score (nSPS) is 29.6. The van der Waals surface area contributed by atoms with Gasteiger partial charge in [-0.25, -0.2) is 0 Å². The topological polar surface area (TPSA) is 35.8 Å². The molecule has 2 heteroatoms. The fourth-order valence-electron chi connectivity index (χ4n) is 1.06. The molecule has 0 bridgehead atoms. The van der Waals surface area contributed by atoms with Crippen LogP contribution in [0.3, 0.4) is 0 Å². The monoisotopic (exact) mass is 138 g/mol. The highest BCUT2D eigenvalue weighted by atomic mass is 15.0. The number of unbranched alkanes of at least 4 members (excludes halogenated alkanes) is 1. The van der Waals surface area contributed by atoms with Gasteiger partial charge >= 0.3 is 0 Å². The number of nitrogens with zero attached hydrogens (tertiary/aromatic N) is 1. The van der Waals surface area contributed by atoms with Crippen molar-refractivity contribution < 1.29 is 0 Å². The second kappa shape index (κ2) is 3.58. The van der Waals surface area contributed by atoms with E-state index in [4.69, 9.17) is 5.26 Å². The molecule has 0 amide bonds. The lowest BCUT2D eigenvalue weighted by Gasteiger charge is -1.98. The van der Waals surface area contributed by atoms with Gasteiger partial charge in [0.05, 0.1) is 6.07 Å². The summed E-state index contributed by atoms with van der Waals surface area (Å²) in [7, 11) is 0. The third-order valence-electron chi connectivity index (χ3n) is 1.98. The zero-order valence-electron chi connectivity index (χ0n) is 6.43. The molecule has 0 saturated heterocycles. The third kappa shape index (κ3) is 2.36. The molecule has 0 heterocycles. The standard InChI is InChI=1S/C8H14N2/c1-7-6-8(7)10-5-3-2-4-9/h7-8,10H,2-3,5-6H2,1H3. The van der Waals surface area contributed by atoms with Gasteiger partial charge in [-0.2, -0.15) is 5.26 Å². The van der Waals surface area contributed by atoms with E-state index in [2.05, 4.69) is 18.3 Å². The molecule has 1 fully saturated rings. The number of hydrogen-bond acceptors (Lipinski definition) is 2. The molecule has 2 unspecified atom stereocenters. The first kappa shape index (κ1) is 7.56. The predicted molar refractivity (Wildman–Crippen MR) is 40.4 cm³/mol. The van der Waals surface area contributed by atoms with Crippen molar-refractivity contribution >= 4 is 0 Å². The van der Waals surface area contributed by atoms with Gasteiger partial charge in [0.2, 0.25) is 0 Å². The summed E-state index contributed by atoms with van der Waals surface area (Å²) >= 11 is 0. The van der Waals surface area contributed by atoms with Crippen molar-refractivity contribution in [2.75, 3.05) is 6.54 Å². The van der Waals surface area contributed by atoms with Gasteiger partial charge in [-0.05, 0) is 25.3 Å². The lowest BCUT2D eigenvalue weighted by atomic mass is 10.3. The Hall–Kier alpha value is -0.550. The van der Waals surface area contributed by atoms with Gasteiger partial charge in [-0.1, -0.05) is 6.92 Å². The summed E-state index contributed by atoms with van der Waals surface area (Å²) in [5.41, 5.74) is 0. The van der Waals surface area contributed by atoms with Crippen molar-refractivity contribution in [3.63, 3.8) is 0 Å². The van der Waals surface area contributed by atoms with Crippen LogP contribution in [-0.4, -0.2) is 12.6 Å². The van der Waals surface area contributed by atoms with Gasteiger partial charge in [0, 0.05) is 12.5 Å². The van der Waals surface area contributed by atoms with Crippen LogP contribution < -0.4 is 5.32 Å². The molecular weight excluding hydrogens is 124 g/mol. The average molecular weight is 138 g/mol. The molecule has 1 aliphatic rings. The molecule has 0 aromatic heterocycles. The Kier molecular flexibility index (Phi) is 2.70. The third-order valence-corrected chi connectivity index (χ3v) is 1.98. The minimum Gasteiger partial charge on any atom is -0.314 e. The second-order valence-corrected chi connectivity index (χ2v) is 3.04. The van der Waals surface area contributed by atoms with Crippen molar-refractivity contribution in [2.45, 2.75) is 32.2 Å². The van der Waals surface area contributed by atoms with Crippen LogP contribution in [0.1, 0.15) is 26.2 Å². The minimum atomic E-state index is 0.689. The molecule has 1 N–H and O–H groups in total. The molecule has 0 aromatic carbocycles. The molecule has 56 valence electrons. The number of rotatable bonds is 4. The average Bonchev–Trinajstić information content (AvgIpc) is 2.60. The first-order valence-electron chi connectivity index (χ1n) is 3.95. The first-order valence-corrected chi connectivity index (χ1v) is 3.95. The maximum atomic E-state index is 8.22. The lowest BCUT2D eigenvalue weighted by molar-refractivity contribution is 0.628. The summed E-state index contributed by atoms with van der Waals surface area (Å²) in [4.78, 5) is 0. The highest BCUT2D eigenvalue weighted by Gasteiger charge is 2.31. The summed E-state index contributed by atoms with van der Waals surface area (Å²) in [6.07, 6.45) is 3.01. The second-order valence-electron chi connectivity index (χ2n) is 3.04. The van der Waals surface area contributed by atoms with Crippen molar-refractivity contribution in [3.05, 3.63) is 0 Å². The number of nitrogens with one attached hydrogen (secondary N) is 1. The zero-order valence-corrected chi connectivity index (χ0v) is 6.43. The molecule has 0 spiro atoms. The van der Waals surface area contributed by atoms with E-state index in [0.29, 0.717) is 6.42 Å². The summed E-state index contributed by atoms with van der Waals surface area (Å²) in [6, 6.07) is 2.90. The zero-order chi connectivity index (χ0) is 7.40. The van der Waals surface area contributed by atoms with Crippen LogP contribution in [0, 0.1) is 17.2 Å². The fourth-order valence-corrected chi connectivity index (χ4v) is 1.06. The molecule has 2 nitrogen and oxygen atoms in total. The minimum absolute atomic E-state index is 0.689. The number of hydrogen-bond donors (Lipinski definition) is 1. The highest BCUT2D eigenvalue weighted by molar-refractivity contribution is 4.89. The Morgan fingerprint density at radius 2 is 2.40 bits per heavy atom. The summed E-state index contributed by atoms with van der Waals surface area (Å²) < 4.78 is 0. The first-order chi connectivity index (χ1) is 4.84. The smallest absolute Gasteiger partial charge is 0.0622 e. The molecule has 0 radical (unpaired) electrons. The maximum absolute atomic E-state index is 8.22. The summed E-state index contributed by atoms with van der Waals surface area (Å²) in [5, 5.41) is 11.6. The molecule has 1 aliphatic carbocycles. The van der Waals surface area contributed by atoms with Crippen molar-refractivity contribution in [1.29, 1.82) is 5.26 Å². The van der Waals surface area contributed by atoms with Gasteiger partial charge < -0.3 is 5.32 Å². The lowest BCUT2D eigenvalue weighted by Crippen LogP contribution is -2.18. The molecule has 0 aromatic rings. The van der Waals surface area contributed by atoms with Gasteiger partial charge in [0.15, 0.2) is 0 Å². The predicted octanol–water partition coefficient (Wildman–Crippen LogP) is 1.29. The van der Waals surface area contributed by atoms with Crippen LogP contribution in [-0.2, 0) is 0 Å². The van der Waals surface area contributed by atoms with Crippen LogP contribution in [0.5, 0.6) is 0 Å². The van der Waals surface area contributed by atoms with Gasteiger partial charge in [0.25, 0.3) is 0 Å². The fraction of sp³-hybridized carbons (Fsp3) is 0.875. The Morgan fingerprint density at radius 1 is 1.70 bits per heavy atom. The van der Waals surface area contributed by atoms with Crippen LogP contribution in [0.4, 0.5) is 0 Å². The van der Waals surface area contributed by atoms with E-state index >= 15 is 0 Å². The van der Waals surface area contributed by atoms with E-state index in [1.54, 1.807) is 0 Å². The molecule has 2 atom stereocenters. The quantitative estimate of drug-likeness (QED) is 0.594. The molecule has 1 rings (SSSR count). The van der Waals surface area contributed by atoms with Gasteiger partial charge in [-0.3, -0.25) is 0 Å². The molecule has 10 heavy (non-hydrogen) atoms. The van der Waals surface area contributed by atoms with Crippen LogP contribution in [0.15, 0.2) is 0 Å². The Balaban J connectivity index is 1.83. The SMILES string of the molecule is CC1CC1NCCCC#N. The van der Waals surface area contributed by atoms with E-state index in [-0.39, 0.29) is 0 Å². The van der Waals surface area contributed by atoms with Gasteiger partial charge in [0.1, 0.15) is 0 Å². The maximum Gasteiger partial charge on any atom is 0.0622 e. The van der Waals surface area contributed by atoms with Crippen molar-refractivity contribution in [3.8, 4) is 6.07 Å². The Morgan fingerprint density at radius 3 is 2.90 bits per heavy atom. The van der Waals surface area contributed by atoms with Crippen LogP contribution in [0.2, 0.25) is 0 Å². The van der Waals surface area contributed by atoms with Gasteiger partial charge in [-0.15, -0.1) is 0 Å². The van der Waals surface area contributed by atoms with Crippen LogP contribution >= 0.6 is 0 Å². The van der Waals surface area contributed by atoms with Crippen molar-refractivity contribution in [1.82, 2.24) is 5.32 Å². The molecular formula is C8H14N2. The highest BCUT2D eigenvalue weighted by Crippen LogP contribution is 2.28. The van der Waals surface area contributed by atoms with Crippen LogP contribution in [0.25, 0.3) is 0 Å². The number of nitriles is 1. The van der Waals surface area contributed by atoms with E-state index in [1.165, 1.54) is 6.42 Å². The van der Waals surface area contributed by atoms with E-state index in [9.17, 15) is 0 Å². The largest absolute Gasteiger partial charge is 0.314 e. The Bertz CT molecular complexity index is 137.